The Morgan fingerprint density at radius 1 is 1.10 bits per heavy atom. The standard InChI is InChI=1S/C30H18Cl3N3O2S/c31-19-6-7-20-18(15-39-27(20)11-19)14-38-30(37)36-29-24(12-34)28-17(13-35-29)9-23(21-3-1-2-4-22(21)28)16-5-8-25(32)26(33)10-16/h1-8,10-11,13,15,23H,9,14H2,(H,35,36,37). The number of pyridine rings is 1. The lowest BCUT2D eigenvalue weighted by atomic mass is 9.75. The number of amides is 1. The van der Waals surface area contributed by atoms with E-state index >= 15 is 0 Å². The normalized spacial score (nSPS) is 13.8. The molecule has 0 aliphatic heterocycles. The number of nitrogens with zero attached hydrogens (tertiary/aromatic N) is 2. The Kier molecular flexibility index (Phi) is 6.92. The van der Waals surface area contributed by atoms with Crippen LogP contribution in [0.1, 0.15) is 33.7 Å². The molecule has 5 nitrogen and oxygen atoms in total. The first-order valence-electron chi connectivity index (χ1n) is 12.0. The van der Waals surface area contributed by atoms with Crippen LogP contribution < -0.4 is 5.32 Å². The summed E-state index contributed by atoms with van der Waals surface area (Å²) in [5.41, 5.74) is 5.83. The predicted octanol–water partition coefficient (Wildman–Crippen LogP) is 9.23. The highest BCUT2D eigenvalue weighted by Crippen LogP contribution is 2.45. The Balaban J connectivity index is 1.28. The van der Waals surface area contributed by atoms with Crippen molar-refractivity contribution in [1.82, 2.24) is 4.98 Å². The number of ether oxygens (including phenoxy) is 1. The third-order valence-corrected chi connectivity index (χ3v) is 8.81. The van der Waals surface area contributed by atoms with Gasteiger partial charge in [0.05, 0.1) is 10.0 Å². The van der Waals surface area contributed by atoms with Gasteiger partial charge in [-0.1, -0.05) is 71.2 Å². The summed E-state index contributed by atoms with van der Waals surface area (Å²) in [6.07, 6.45) is 1.64. The highest BCUT2D eigenvalue weighted by atomic mass is 35.5. The number of halogens is 3. The lowest BCUT2D eigenvalue weighted by molar-refractivity contribution is 0.155. The lowest BCUT2D eigenvalue weighted by Gasteiger charge is -2.29. The first kappa shape index (κ1) is 25.7. The van der Waals surface area contributed by atoms with Crippen molar-refractivity contribution in [3.05, 3.63) is 115 Å². The van der Waals surface area contributed by atoms with Gasteiger partial charge in [-0.25, -0.2) is 9.78 Å². The number of fused-ring (bicyclic) bond motifs is 4. The molecule has 2 aromatic heterocycles. The Bertz CT molecular complexity index is 1810. The molecule has 6 rings (SSSR count). The van der Waals surface area contributed by atoms with Crippen LogP contribution in [0.25, 0.3) is 21.2 Å². The molecule has 39 heavy (non-hydrogen) atoms. The number of nitriles is 1. The number of nitrogens with one attached hydrogen (secondary N) is 1. The van der Waals surface area contributed by atoms with Crippen LogP contribution in [-0.4, -0.2) is 11.1 Å². The molecule has 9 heteroatoms. The van der Waals surface area contributed by atoms with E-state index in [9.17, 15) is 10.1 Å². The van der Waals surface area contributed by atoms with E-state index in [4.69, 9.17) is 39.5 Å². The van der Waals surface area contributed by atoms with Crippen molar-refractivity contribution < 1.29 is 9.53 Å². The molecule has 3 aromatic carbocycles. The van der Waals surface area contributed by atoms with Crippen molar-refractivity contribution in [2.24, 2.45) is 0 Å². The number of anilines is 1. The molecule has 1 amide bonds. The Morgan fingerprint density at radius 2 is 1.95 bits per heavy atom. The smallest absolute Gasteiger partial charge is 0.413 e. The summed E-state index contributed by atoms with van der Waals surface area (Å²) in [5.74, 6) is 0.168. The van der Waals surface area contributed by atoms with Crippen LogP contribution in [-0.2, 0) is 17.8 Å². The minimum Gasteiger partial charge on any atom is -0.444 e. The Morgan fingerprint density at radius 3 is 2.77 bits per heavy atom. The number of rotatable bonds is 4. The topological polar surface area (TPSA) is 75.0 Å². The van der Waals surface area contributed by atoms with Crippen LogP contribution in [0.5, 0.6) is 0 Å². The van der Waals surface area contributed by atoms with E-state index in [0.29, 0.717) is 27.1 Å². The number of thiophene rings is 1. The van der Waals surface area contributed by atoms with Gasteiger partial charge >= 0.3 is 6.09 Å². The molecule has 0 radical (unpaired) electrons. The summed E-state index contributed by atoms with van der Waals surface area (Å²) in [7, 11) is 0. The van der Waals surface area contributed by atoms with E-state index in [1.807, 2.05) is 53.9 Å². The number of hydrogen-bond acceptors (Lipinski definition) is 5. The fourth-order valence-corrected chi connectivity index (χ4v) is 6.58. The van der Waals surface area contributed by atoms with Gasteiger partial charge in [-0.05, 0) is 63.7 Å². The predicted molar refractivity (Wildman–Crippen MR) is 157 cm³/mol. The molecule has 192 valence electrons. The van der Waals surface area contributed by atoms with Crippen LogP contribution in [0.3, 0.4) is 0 Å². The van der Waals surface area contributed by atoms with Crippen molar-refractivity contribution in [1.29, 1.82) is 5.26 Å². The molecule has 0 fully saturated rings. The second-order valence-corrected chi connectivity index (χ2v) is 11.3. The quantitative estimate of drug-likeness (QED) is 0.226. The Labute approximate surface area is 243 Å². The van der Waals surface area contributed by atoms with Gasteiger partial charge in [0, 0.05) is 33.0 Å². The van der Waals surface area contributed by atoms with Crippen LogP contribution in [0.4, 0.5) is 10.6 Å². The van der Waals surface area contributed by atoms with Crippen molar-refractivity contribution in [3.8, 4) is 17.2 Å². The van der Waals surface area contributed by atoms with Gasteiger partial charge in [-0.3, -0.25) is 5.32 Å². The second kappa shape index (κ2) is 10.5. The molecular weight excluding hydrogens is 573 g/mol. The van der Waals surface area contributed by atoms with E-state index in [1.54, 1.807) is 18.3 Å². The fourth-order valence-electron chi connectivity index (χ4n) is 5.05. The maximum atomic E-state index is 12.8. The minimum atomic E-state index is -0.690. The van der Waals surface area contributed by atoms with Gasteiger partial charge in [0.2, 0.25) is 0 Å². The van der Waals surface area contributed by atoms with Crippen LogP contribution in [0, 0.1) is 11.3 Å². The SMILES string of the molecule is N#Cc1c(NC(=O)OCc2csc3cc(Cl)ccc23)ncc2c1-c1ccccc1C(c1ccc(Cl)c(Cl)c1)C2. The first-order chi connectivity index (χ1) is 18.9. The van der Waals surface area contributed by atoms with Crippen molar-refractivity contribution in [2.75, 3.05) is 5.32 Å². The number of aromatic nitrogens is 1. The zero-order chi connectivity index (χ0) is 27.1. The molecule has 0 bridgehead atoms. The summed E-state index contributed by atoms with van der Waals surface area (Å²) in [5, 5.41) is 17.4. The molecule has 1 aliphatic rings. The van der Waals surface area contributed by atoms with E-state index in [1.165, 1.54) is 11.3 Å². The maximum absolute atomic E-state index is 12.8. The van der Waals surface area contributed by atoms with Crippen LogP contribution in [0.2, 0.25) is 15.1 Å². The summed E-state index contributed by atoms with van der Waals surface area (Å²) in [4.78, 5) is 17.2. The highest BCUT2D eigenvalue weighted by Gasteiger charge is 2.30. The Hall–Kier alpha value is -3.60. The highest BCUT2D eigenvalue weighted by molar-refractivity contribution is 7.17. The molecule has 1 unspecified atom stereocenters. The average molecular weight is 591 g/mol. The van der Waals surface area contributed by atoms with E-state index in [0.717, 1.165) is 43.5 Å². The third kappa shape index (κ3) is 4.84. The van der Waals surface area contributed by atoms with Gasteiger partial charge in [0.1, 0.15) is 18.2 Å². The van der Waals surface area contributed by atoms with Gasteiger partial charge in [-0.2, -0.15) is 5.26 Å². The van der Waals surface area contributed by atoms with E-state index < -0.39 is 6.09 Å². The van der Waals surface area contributed by atoms with Crippen LogP contribution >= 0.6 is 46.1 Å². The molecule has 5 aromatic rings. The summed E-state index contributed by atoms with van der Waals surface area (Å²) in [6.45, 7) is 0.0778. The fraction of sp³-hybridized carbons (Fsp3) is 0.100. The minimum absolute atomic E-state index is 0.0101. The van der Waals surface area contributed by atoms with E-state index in [2.05, 4.69) is 16.4 Å². The second-order valence-electron chi connectivity index (χ2n) is 9.11. The molecule has 0 spiro atoms. The van der Waals surface area contributed by atoms with Crippen molar-refractivity contribution in [2.45, 2.75) is 18.9 Å². The lowest BCUT2D eigenvalue weighted by Crippen LogP contribution is -2.18. The average Bonchev–Trinajstić information content (AvgIpc) is 3.34. The zero-order valence-electron chi connectivity index (χ0n) is 20.2. The maximum Gasteiger partial charge on any atom is 0.413 e. The van der Waals surface area contributed by atoms with Gasteiger partial charge in [0.25, 0.3) is 0 Å². The number of carbonyl (C=O) groups is 1. The zero-order valence-corrected chi connectivity index (χ0v) is 23.3. The van der Waals surface area contributed by atoms with Gasteiger partial charge in [-0.15, -0.1) is 11.3 Å². The number of carbonyl (C=O) groups excluding carboxylic acids is 1. The molecule has 1 atom stereocenters. The molecular formula is C30H18Cl3N3O2S. The van der Waals surface area contributed by atoms with Gasteiger partial charge < -0.3 is 4.74 Å². The van der Waals surface area contributed by atoms with Crippen molar-refractivity contribution >= 4 is 68.1 Å². The molecule has 1 aliphatic carbocycles. The van der Waals surface area contributed by atoms with Crippen molar-refractivity contribution in [3.63, 3.8) is 0 Å². The largest absolute Gasteiger partial charge is 0.444 e. The molecule has 1 N–H and O–H groups in total. The number of hydrogen-bond donors (Lipinski definition) is 1. The molecule has 0 saturated heterocycles. The molecule has 0 saturated carbocycles. The summed E-state index contributed by atoms with van der Waals surface area (Å²) in [6, 6.07) is 21.4. The van der Waals surface area contributed by atoms with Gasteiger partial charge in [0.15, 0.2) is 5.82 Å². The third-order valence-electron chi connectivity index (χ3n) is 6.84. The molecule has 2 heterocycles. The monoisotopic (exact) mass is 589 g/mol. The summed E-state index contributed by atoms with van der Waals surface area (Å²) >= 11 is 20.1. The number of benzene rings is 3. The first-order valence-corrected chi connectivity index (χ1v) is 14.0. The van der Waals surface area contributed by atoms with E-state index in [-0.39, 0.29) is 18.3 Å². The van der Waals surface area contributed by atoms with Crippen LogP contribution in [0.15, 0.2) is 72.2 Å². The summed E-state index contributed by atoms with van der Waals surface area (Å²) < 4.78 is 6.50.